The van der Waals surface area contributed by atoms with Crippen molar-refractivity contribution in [2.75, 3.05) is 19.8 Å². The van der Waals surface area contributed by atoms with Crippen LogP contribution in [0.2, 0.25) is 0 Å². The van der Waals surface area contributed by atoms with Gasteiger partial charge < -0.3 is 19.3 Å². The predicted molar refractivity (Wildman–Crippen MR) is 75.4 cm³/mol. The van der Waals surface area contributed by atoms with Gasteiger partial charge in [0.1, 0.15) is 0 Å². The van der Waals surface area contributed by atoms with Crippen LogP contribution in [-0.4, -0.2) is 42.3 Å². The standard InChI is InChI=1S/C16H26O5/c1-3-19-14(17)13-11(2)4-5-15(18)6-7-16(10-12(13)15)20-8-9-21-16/h11-13,18H,3-10H2,1-2H3/t11-,12-,13-,15+/m1/s1. The number of carbonyl (C=O) groups excluding carboxylic acids is 1. The molecule has 0 aromatic heterocycles. The molecule has 3 rings (SSSR count). The van der Waals surface area contributed by atoms with Crippen molar-refractivity contribution < 1.29 is 24.1 Å². The SMILES string of the molecule is CCOC(=O)[C@@H]1[C@H](C)CC[C@]2(O)CCC3(C[C@H]12)OCCO3. The van der Waals surface area contributed by atoms with E-state index in [9.17, 15) is 9.90 Å². The molecule has 21 heavy (non-hydrogen) atoms. The van der Waals surface area contributed by atoms with Crippen LogP contribution in [0.3, 0.4) is 0 Å². The molecule has 0 bridgehead atoms. The van der Waals surface area contributed by atoms with E-state index in [1.807, 2.05) is 6.92 Å². The zero-order chi connectivity index (χ0) is 15.1. The summed E-state index contributed by atoms with van der Waals surface area (Å²) >= 11 is 0. The fourth-order valence-electron chi connectivity index (χ4n) is 4.44. The molecule has 2 aliphatic carbocycles. The molecule has 1 N–H and O–H groups in total. The topological polar surface area (TPSA) is 65.0 Å². The van der Waals surface area contributed by atoms with Gasteiger partial charge in [0, 0.05) is 18.8 Å². The van der Waals surface area contributed by atoms with Gasteiger partial charge in [-0.05, 0) is 32.1 Å². The van der Waals surface area contributed by atoms with Gasteiger partial charge in [0.05, 0.1) is 31.3 Å². The third kappa shape index (κ3) is 2.60. The van der Waals surface area contributed by atoms with Crippen LogP contribution in [0.4, 0.5) is 0 Å². The summed E-state index contributed by atoms with van der Waals surface area (Å²) in [6.45, 7) is 5.49. The molecule has 120 valence electrons. The predicted octanol–water partition coefficient (Wildman–Crippen LogP) is 1.87. The highest BCUT2D eigenvalue weighted by Gasteiger charge is 2.58. The van der Waals surface area contributed by atoms with Crippen LogP contribution in [0.5, 0.6) is 0 Å². The Kier molecular flexibility index (Phi) is 4.01. The molecule has 0 radical (unpaired) electrons. The van der Waals surface area contributed by atoms with E-state index in [0.29, 0.717) is 39.1 Å². The average molecular weight is 298 g/mol. The molecule has 1 aliphatic heterocycles. The van der Waals surface area contributed by atoms with Crippen molar-refractivity contribution in [2.45, 2.75) is 57.3 Å². The van der Waals surface area contributed by atoms with Crippen LogP contribution in [0.15, 0.2) is 0 Å². The molecule has 1 spiro atoms. The summed E-state index contributed by atoms with van der Waals surface area (Å²) in [4.78, 5) is 12.4. The molecule has 1 saturated heterocycles. The Bertz CT molecular complexity index is 403. The van der Waals surface area contributed by atoms with Gasteiger partial charge in [-0.2, -0.15) is 0 Å². The minimum Gasteiger partial charge on any atom is -0.466 e. The smallest absolute Gasteiger partial charge is 0.309 e. The van der Waals surface area contributed by atoms with Crippen molar-refractivity contribution in [2.24, 2.45) is 17.8 Å². The van der Waals surface area contributed by atoms with Gasteiger partial charge >= 0.3 is 5.97 Å². The van der Waals surface area contributed by atoms with Gasteiger partial charge in [-0.15, -0.1) is 0 Å². The van der Waals surface area contributed by atoms with E-state index in [1.165, 1.54) is 0 Å². The van der Waals surface area contributed by atoms with Crippen LogP contribution in [0.1, 0.15) is 46.0 Å². The zero-order valence-electron chi connectivity index (χ0n) is 13.0. The van der Waals surface area contributed by atoms with Gasteiger partial charge in [0.15, 0.2) is 5.79 Å². The second-order valence-electron chi connectivity index (χ2n) is 6.82. The summed E-state index contributed by atoms with van der Waals surface area (Å²) in [6.07, 6.45) is 3.57. The highest BCUT2D eigenvalue weighted by Crippen LogP contribution is 2.53. The molecule has 5 heteroatoms. The molecule has 5 nitrogen and oxygen atoms in total. The quantitative estimate of drug-likeness (QED) is 0.788. The van der Waals surface area contributed by atoms with E-state index >= 15 is 0 Å². The minimum atomic E-state index is -0.773. The van der Waals surface area contributed by atoms with E-state index < -0.39 is 11.4 Å². The average Bonchev–Trinajstić information content (AvgIpc) is 2.90. The lowest BCUT2D eigenvalue weighted by atomic mass is 9.58. The van der Waals surface area contributed by atoms with Crippen molar-refractivity contribution in [1.82, 2.24) is 0 Å². The molecule has 3 aliphatic rings. The number of fused-ring (bicyclic) bond motifs is 1. The summed E-state index contributed by atoms with van der Waals surface area (Å²) in [5, 5.41) is 11.0. The third-order valence-electron chi connectivity index (χ3n) is 5.61. The lowest BCUT2D eigenvalue weighted by Crippen LogP contribution is -2.57. The van der Waals surface area contributed by atoms with Crippen LogP contribution in [0, 0.1) is 17.8 Å². The van der Waals surface area contributed by atoms with Gasteiger partial charge in [0.2, 0.25) is 0 Å². The monoisotopic (exact) mass is 298 g/mol. The Hall–Kier alpha value is -0.650. The highest BCUT2D eigenvalue weighted by molar-refractivity contribution is 5.73. The van der Waals surface area contributed by atoms with Crippen molar-refractivity contribution in [3.05, 3.63) is 0 Å². The van der Waals surface area contributed by atoms with E-state index in [0.717, 1.165) is 12.8 Å². The van der Waals surface area contributed by atoms with Crippen LogP contribution in [-0.2, 0) is 19.0 Å². The Morgan fingerprint density at radius 3 is 2.67 bits per heavy atom. The van der Waals surface area contributed by atoms with E-state index in [-0.39, 0.29) is 23.7 Å². The lowest BCUT2D eigenvalue weighted by molar-refractivity contribution is -0.242. The maximum Gasteiger partial charge on any atom is 0.309 e. The second kappa shape index (κ2) is 5.52. The summed E-state index contributed by atoms with van der Waals surface area (Å²) in [7, 11) is 0. The molecule has 0 aromatic rings. The van der Waals surface area contributed by atoms with Crippen molar-refractivity contribution in [3.63, 3.8) is 0 Å². The highest BCUT2D eigenvalue weighted by atomic mass is 16.7. The van der Waals surface area contributed by atoms with E-state index in [4.69, 9.17) is 14.2 Å². The first kappa shape index (κ1) is 15.3. The molecular formula is C16H26O5. The first-order chi connectivity index (χ1) is 10.00. The number of aliphatic hydroxyl groups is 1. The van der Waals surface area contributed by atoms with Crippen molar-refractivity contribution >= 4 is 5.97 Å². The fourth-order valence-corrected chi connectivity index (χ4v) is 4.44. The van der Waals surface area contributed by atoms with Gasteiger partial charge in [-0.3, -0.25) is 4.79 Å². The Balaban J connectivity index is 1.85. The lowest BCUT2D eigenvalue weighted by Gasteiger charge is -2.52. The molecule has 4 atom stereocenters. The number of esters is 1. The Labute approximate surface area is 125 Å². The van der Waals surface area contributed by atoms with Crippen LogP contribution < -0.4 is 0 Å². The zero-order valence-corrected chi connectivity index (χ0v) is 13.0. The second-order valence-corrected chi connectivity index (χ2v) is 6.82. The van der Waals surface area contributed by atoms with Gasteiger partial charge in [-0.1, -0.05) is 6.92 Å². The maximum absolute atomic E-state index is 12.4. The molecule has 0 unspecified atom stereocenters. The largest absolute Gasteiger partial charge is 0.466 e. The Morgan fingerprint density at radius 2 is 2.00 bits per heavy atom. The van der Waals surface area contributed by atoms with Crippen molar-refractivity contribution in [3.8, 4) is 0 Å². The van der Waals surface area contributed by atoms with Crippen LogP contribution in [0.25, 0.3) is 0 Å². The normalized spacial score (nSPS) is 41.8. The number of carbonyl (C=O) groups is 1. The molecule has 2 saturated carbocycles. The first-order valence-corrected chi connectivity index (χ1v) is 8.17. The fraction of sp³-hybridized carbons (Fsp3) is 0.938. The first-order valence-electron chi connectivity index (χ1n) is 8.17. The summed E-state index contributed by atoms with van der Waals surface area (Å²) in [5.41, 5.74) is -0.773. The van der Waals surface area contributed by atoms with E-state index in [2.05, 4.69) is 6.92 Å². The third-order valence-corrected chi connectivity index (χ3v) is 5.61. The summed E-state index contributed by atoms with van der Waals surface area (Å²) in [5.74, 6) is -0.923. The number of ether oxygens (including phenoxy) is 3. The van der Waals surface area contributed by atoms with Gasteiger partial charge in [-0.25, -0.2) is 0 Å². The molecule has 0 aromatic carbocycles. The van der Waals surface area contributed by atoms with Crippen molar-refractivity contribution in [1.29, 1.82) is 0 Å². The summed E-state index contributed by atoms with van der Waals surface area (Å²) < 4.78 is 16.9. The molecular weight excluding hydrogens is 272 g/mol. The molecule has 3 fully saturated rings. The maximum atomic E-state index is 12.4. The number of rotatable bonds is 2. The Morgan fingerprint density at radius 1 is 1.29 bits per heavy atom. The molecule has 0 amide bonds. The van der Waals surface area contributed by atoms with Gasteiger partial charge in [0.25, 0.3) is 0 Å². The number of hydrogen-bond donors (Lipinski definition) is 1. The van der Waals surface area contributed by atoms with Crippen LogP contribution >= 0.6 is 0 Å². The molecule has 1 heterocycles. The number of hydrogen-bond acceptors (Lipinski definition) is 5. The van der Waals surface area contributed by atoms with E-state index in [1.54, 1.807) is 0 Å². The minimum absolute atomic E-state index is 0.132. The summed E-state index contributed by atoms with van der Waals surface area (Å²) in [6, 6.07) is 0.